The molecule has 1 fully saturated rings. The fourth-order valence-corrected chi connectivity index (χ4v) is 4.17. The van der Waals surface area contributed by atoms with Crippen LogP contribution in [-0.2, 0) is 14.8 Å². The van der Waals surface area contributed by atoms with Crippen molar-refractivity contribution in [1.29, 1.82) is 0 Å². The van der Waals surface area contributed by atoms with Crippen molar-refractivity contribution in [2.75, 3.05) is 25.0 Å². The third-order valence-corrected chi connectivity index (χ3v) is 5.90. The molecule has 0 unspecified atom stereocenters. The number of nitrogens with zero attached hydrogens (tertiary/aromatic N) is 1. The summed E-state index contributed by atoms with van der Waals surface area (Å²) in [5.74, 6) is -0.810. The molecule has 3 rings (SSSR count). The number of hydrogen-bond donors (Lipinski definition) is 2. The van der Waals surface area contributed by atoms with Gasteiger partial charge in [-0.1, -0.05) is 23.7 Å². The molecular formula is C17H16ClN3O4S. The summed E-state index contributed by atoms with van der Waals surface area (Å²) in [6, 6.07) is 12.3. The minimum atomic E-state index is -3.86. The molecule has 136 valence electrons. The van der Waals surface area contributed by atoms with Crippen molar-refractivity contribution in [2.45, 2.75) is 4.90 Å². The number of carbonyl (C=O) groups excluding carboxylic acids is 2. The van der Waals surface area contributed by atoms with Crippen molar-refractivity contribution in [2.24, 2.45) is 0 Å². The molecule has 2 aromatic rings. The molecule has 1 saturated heterocycles. The van der Waals surface area contributed by atoms with Crippen LogP contribution in [0.15, 0.2) is 53.4 Å². The SMILES string of the molecule is O=C1CN(S(=O)(=O)c2cccc(C(=O)Nc3cccc(Cl)c3)c2)CCN1. The normalized spacial score (nSPS) is 15.3. The van der Waals surface area contributed by atoms with Crippen molar-refractivity contribution in [1.82, 2.24) is 9.62 Å². The molecule has 0 saturated carbocycles. The van der Waals surface area contributed by atoms with Gasteiger partial charge in [0.05, 0.1) is 11.4 Å². The number of carbonyl (C=O) groups is 2. The Bertz CT molecular complexity index is 962. The van der Waals surface area contributed by atoms with Gasteiger partial charge in [0.2, 0.25) is 15.9 Å². The predicted octanol–water partition coefficient (Wildman–Crippen LogP) is 1.71. The molecule has 1 heterocycles. The van der Waals surface area contributed by atoms with Gasteiger partial charge in [-0.05, 0) is 36.4 Å². The molecule has 0 spiro atoms. The van der Waals surface area contributed by atoms with Gasteiger partial charge < -0.3 is 10.6 Å². The Kier molecular flexibility index (Phi) is 5.26. The largest absolute Gasteiger partial charge is 0.354 e. The molecular weight excluding hydrogens is 378 g/mol. The van der Waals surface area contributed by atoms with Gasteiger partial charge in [-0.25, -0.2) is 8.42 Å². The van der Waals surface area contributed by atoms with E-state index in [-0.39, 0.29) is 36.0 Å². The van der Waals surface area contributed by atoms with E-state index in [4.69, 9.17) is 11.6 Å². The fourth-order valence-electron chi connectivity index (χ4n) is 2.54. The molecule has 7 nitrogen and oxygen atoms in total. The highest BCUT2D eigenvalue weighted by Crippen LogP contribution is 2.20. The third kappa shape index (κ3) is 4.04. The van der Waals surface area contributed by atoms with E-state index in [1.807, 2.05) is 0 Å². The zero-order chi connectivity index (χ0) is 18.7. The predicted molar refractivity (Wildman–Crippen MR) is 97.6 cm³/mol. The van der Waals surface area contributed by atoms with E-state index >= 15 is 0 Å². The topological polar surface area (TPSA) is 95.6 Å². The molecule has 0 bridgehead atoms. The maximum absolute atomic E-state index is 12.7. The molecule has 2 N–H and O–H groups in total. The number of nitrogens with one attached hydrogen (secondary N) is 2. The summed E-state index contributed by atoms with van der Waals surface area (Å²) < 4.78 is 26.5. The second-order valence-electron chi connectivity index (χ2n) is 5.68. The second kappa shape index (κ2) is 7.45. The Morgan fingerprint density at radius 3 is 2.65 bits per heavy atom. The number of anilines is 1. The quantitative estimate of drug-likeness (QED) is 0.826. The number of benzene rings is 2. The first-order valence-electron chi connectivity index (χ1n) is 7.80. The Hall–Kier alpha value is -2.42. The van der Waals surface area contributed by atoms with Gasteiger partial charge in [-0.3, -0.25) is 9.59 Å². The monoisotopic (exact) mass is 393 g/mol. The molecule has 0 radical (unpaired) electrons. The fraction of sp³-hybridized carbons (Fsp3) is 0.176. The Labute approximate surface area is 156 Å². The van der Waals surface area contributed by atoms with E-state index < -0.39 is 15.9 Å². The molecule has 2 amide bonds. The van der Waals surface area contributed by atoms with Crippen LogP contribution in [0.1, 0.15) is 10.4 Å². The highest BCUT2D eigenvalue weighted by atomic mass is 35.5. The smallest absolute Gasteiger partial charge is 0.255 e. The standard InChI is InChI=1S/C17H16ClN3O4S/c18-13-4-2-5-14(10-13)20-17(23)12-3-1-6-15(9-12)26(24,25)21-8-7-19-16(22)11-21/h1-6,9-10H,7-8,11H2,(H,19,22)(H,20,23). The molecule has 26 heavy (non-hydrogen) atoms. The van der Waals surface area contributed by atoms with E-state index in [0.717, 1.165) is 4.31 Å². The first-order chi connectivity index (χ1) is 12.4. The van der Waals surface area contributed by atoms with E-state index in [0.29, 0.717) is 10.7 Å². The minimum Gasteiger partial charge on any atom is -0.354 e. The summed E-state index contributed by atoms with van der Waals surface area (Å²) in [6.45, 7) is 0.210. The highest BCUT2D eigenvalue weighted by molar-refractivity contribution is 7.89. The van der Waals surface area contributed by atoms with Crippen LogP contribution >= 0.6 is 11.6 Å². The first-order valence-corrected chi connectivity index (χ1v) is 9.62. The molecule has 0 aromatic heterocycles. The molecule has 0 aliphatic carbocycles. The van der Waals surface area contributed by atoms with E-state index in [9.17, 15) is 18.0 Å². The van der Waals surface area contributed by atoms with Gasteiger partial charge in [0.15, 0.2) is 0 Å². The number of hydrogen-bond acceptors (Lipinski definition) is 4. The van der Waals surface area contributed by atoms with Crippen molar-refractivity contribution in [3.8, 4) is 0 Å². The van der Waals surface area contributed by atoms with Crippen LogP contribution in [0.2, 0.25) is 5.02 Å². The number of rotatable bonds is 4. The van der Waals surface area contributed by atoms with Gasteiger partial charge >= 0.3 is 0 Å². The molecule has 0 atom stereocenters. The van der Waals surface area contributed by atoms with E-state index in [1.165, 1.54) is 24.3 Å². The Balaban J connectivity index is 1.83. The summed E-state index contributed by atoms with van der Waals surface area (Å²) in [7, 11) is -3.86. The first kappa shape index (κ1) is 18.4. The maximum Gasteiger partial charge on any atom is 0.255 e. The van der Waals surface area contributed by atoms with Crippen molar-refractivity contribution in [3.63, 3.8) is 0 Å². The lowest BCUT2D eigenvalue weighted by atomic mass is 10.2. The van der Waals surface area contributed by atoms with Crippen LogP contribution in [0, 0.1) is 0 Å². The maximum atomic E-state index is 12.7. The minimum absolute atomic E-state index is 0.0362. The molecule has 2 aromatic carbocycles. The average Bonchev–Trinajstić information content (AvgIpc) is 2.62. The summed E-state index contributed by atoms with van der Waals surface area (Å²) in [5.41, 5.74) is 0.691. The molecule has 9 heteroatoms. The second-order valence-corrected chi connectivity index (χ2v) is 8.06. The summed E-state index contributed by atoms with van der Waals surface area (Å²) in [4.78, 5) is 23.8. The van der Waals surface area contributed by atoms with Crippen LogP contribution in [-0.4, -0.2) is 44.2 Å². The van der Waals surface area contributed by atoms with Crippen LogP contribution in [0.5, 0.6) is 0 Å². The lowest BCUT2D eigenvalue weighted by Crippen LogP contribution is -2.49. The highest BCUT2D eigenvalue weighted by Gasteiger charge is 2.29. The Morgan fingerprint density at radius 2 is 1.92 bits per heavy atom. The van der Waals surface area contributed by atoms with E-state index in [1.54, 1.807) is 24.3 Å². The van der Waals surface area contributed by atoms with Crippen LogP contribution in [0.4, 0.5) is 5.69 Å². The van der Waals surface area contributed by atoms with Crippen molar-refractivity contribution in [3.05, 3.63) is 59.1 Å². The van der Waals surface area contributed by atoms with Gasteiger partial charge in [0.25, 0.3) is 5.91 Å². The number of piperazine rings is 1. The van der Waals surface area contributed by atoms with Crippen LogP contribution in [0.25, 0.3) is 0 Å². The summed E-state index contributed by atoms with van der Waals surface area (Å²) in [6.07, 6.45) is 0. The van der Waals surface area contributed by atoms with Gasteiger partial charge in [-0.2, -0.15) is 4.31 Å². The van der Waals surface area contributed by atoms with Gasteiger partial charge in [0.1, 0.15) is 0 Å². The van der Waals surface area contributed by atoms with Crippen LogP contribution in [0.3, 0.4) is 0 Å². The van der Waals surface area contributed by atoms with Crippen molar-refractivity contribution < 1.29 is 18.0 Å². The average molecular weight is 394 g/mol. The lowest BCUT2D eigenvalue weighted by Gasteiger charge is -2.26. The molecule has 1 aliphatic heterocycles. The van der Waals surface area contributed by atoms with Gasteiger partial charge in [-0.15, -0.1) is 0 Å². The Morgan fingerprint density at radius 1 is 1.15 bits per heavy atom. The lowest BCUT2D eigenvalue weighted by molar-refractivity contribution is -0.122. The number of sulfonamides is 1. The summed E-state index contributed by atoms with van der Waals surface area (Å²) >= 11 is 5.89. The number of amides is 2. The zero-order valence-corrected chi connectivity index (χ0v) is 15.2. The van der Waals surface area contributed by atoms with Crippen molar-refractivity contribution >= 4 is 39.1 Å². The zero-order valence-electron chi connectivity index (χ0n) is 13.6. The molecule has 1 aliphatic rings. The van der Waals surface area contributed by atoms with Gasteiger partial charge in [0, 0.05) is 29.4 Å². The van der Waals surface area contributed by atoms with E-state index in [2.05, 4.69) is 10.6 Å². The summed E-state index contributed by atoms with van der Waals surface area (Å²) in [5, 5.41) is 5.72. The number of halogens is 1. The van der Waals surface area contributed by atoms with Crippen LogP contribution < -0.4 is 10.6 Å². The third-order valence-electron chi connectivity index (χ3n) is 3.82.